The smallest absolute Gasteiger partial charge is 0.324 e. The van der Waals surface area contributed by atoms with E-state index in [1.807, 2.05) is 57.2 Å². The zero-order valence-corrected chi connectivity index (χ0v) is 19.7. The quantitative estimate of drug-likeness (QED) is 0.368. The average Bonchev–Trinajstić information content (AvgIpc) is 2.83. The zero-order chi connectivity index (χ0) is 24.2. The van der Waals surface area contributed by atoms with E-state index < -0.39 is 0 Å². The molecule has 0 bridgehead atoms. The summed E-state index contributed by atoms with van der Waals surface area (Å²) >= 11 is 0. The van der Waals surface area contributed by atoms with Gasteiger partial charge in [-0.3, -0.25) is 10.3 Å². The largest absolute Gasteiger partial charge is 0.493 e. The van der Waals surface area contributed by atoms with Crippen LogP contribution in [0.5, 0.6) is 23.0 Å². The molecule has 0 radical (unpaired) electrons. The number of nitrogens with one attached hydrogen (secondary N) is 2. The first kappa shape index (κ1) is 22.8. The van der Waals surface area contributed by atoms with Crippen LogP contribution in [-0.4, -0.2) is 30.2 Å². The molecule has 0 saturated heterocycles. The molecule has 4 rings (SSSR count). The second-order valence-corrected chi connectivity index (χ2v) is 7.74. The van der Waals surface area contributed by atoms with Gasteiger partial charge in [0.05, 0.1) is 19.7 Å². The number of carbonyl (C=O) groups is 1. The third kappa shape index (κ3) is 4.71. The molecule has 0 aliphatic heterocycles. The van der Waals surface area contributed by atoms with Gasteiger partial charge >= 0.3 is 6.03 Å². The van der Waals surface area contributed by atoms with Crippen molar-refractivity contribution < 1.29 is 19.0 Å². The van der Waals surface area contributed by atoms with Gasteiger partial charge in [-0.25, -0.2) is 9.78 Å². The van der Waals surface area contributed by atoms with E-state index in [9.17, 15) is 4.79 Å². The third-order valence-electron chi connectivity index (χ3n) is 5.54. The lowest BCUT2D eigenvalue weighted by molar-refractivity contribution is 0.262. The monoisotopic (exact) mass is 458 g/mol. The van der Waals surface area contributed by atoms with Crippen LogP contribution in [0.2, 0.25) is 0 Å². The van der Waals surface area contributed by atoms with E-state index in [1.54, 1.807) is 32.5 Å². The second-order valence-electron chi connectivity index (χ2n) is 7.74. The van der Waals surface area contributed by atoms with Gasteiger partial charge in [0.2, 0.25) is 0 Å². The number of methoxy groups -OCH3 is 2. The van der Waals surface area contributed by atoms with Crippen molar-refractivity contribution in [3.8, 4) is 23.0 Å². The maximum absolute atomic E-state index is 12.5. The lowest BCUT2D eigenvalue weighted by Crippen LogP contribution is -2.21. The van der Waals surface area contributed by atoms with Gasteiger partial charge in [-0.2, -0.15) is 0 Å². The molecule has 8 heteroatoms. The van der Waals surface area contributed by atoms with Crippen LogP contribution < -0.4 is 24.8 Å². The minimum absolute atomic E-state index is 0.365. The van der Waals surface area contributed by atoms with Gasteiger partial charge in [-0.05, 0) is 68.3 Å². The number of urea groups is 1. The van der Waals surface area contributed by atoms with Gasteiger partial charge in [0, 0.05) is 29.0 Å². The molecule has 174 valence electrons. The van der Waals surface area contributed by atoms with E-state index >= 15 is 0 Å². The van der Waals surface area contributed by atoms with Crippen LogP contribution in [0.1, 0.15) is 16.8 Å². The fraction of sp³-hybridized carbons (Fsp3) is 0.192. The molecule has 0 aliphatic rings. The fourth-order valence-corrected chi connectivity index (χ4v) is 3.58. The Morgan fingerprint density at radius 3 is 2.32 bits per heavy atom. The van der Waals surface area contributed by atoms with Crippen molar-refractivity contribution >= 4 is 28.4 Å². The Bertz CT molecular complexity index is 1370. The molecule has 0 saturated carbocycles. The molecule has 2 heterocycles. The number of carbonyl (C=O) groups excluding carboxylic acids is 1. The van der Waals surface area contributed by atoms with Crippen LogP contribution in [0.25, 0.3) is 10.9 Å². The van der Waals surface area contributed by atoms with Crippen molar-refractivity contribution in [2.75, 3.05) is 24.9 Å². The fourth-order valence-electron chi connectivity index (χ4n) is 3.58. The van der Waals surface area contributed by atoms with E-state index in [0.29, 0.717) is 34.5 Å². The summed E-state index contributed by atoms with van der Waals surface area (Å²) in [5.74, 6) is 2.99. The molecule has 0 spiro atoms. The number of hydrogen-bond acceptors (Lipinski definition) is 6. The van der Waals surface area contributed by atoms with E-state index in [4.69, 9.17) is 14.2 Å². The summed E-state index contributed by atoms with van der Waals surface area (Å²) in [7, 11) is 3.18. The number of benzene rings is 2. The number of aryl methyl sites for hydroxylation is 1. The summed E-state index contributed by atoms with van der Waals surface area (Å²) in [5, 5.41) is 6.43. The minimum Gasteiger partial charge on any atom is -0.493 e. The van der Waals surface area contributed by atoms with E-state index in [-0.39, 0.29) is 6.03 Å². The Kier molecular flexibility index (Phi) is 6.49. The van der Waals surface area contributed by atoms with Crippen LogP contribution in [-0.2, 0) is 0 Å². The number of rotatable bonds is 6. The summed E-state index contributed by atoms with van der Waals surface area (Å²) in [5.41, 5.74) is 4.02. The molecule has 2 amide bonds. The normalized spacial score (nSPS) is 10.6. The van der Waals surface area contributed by atoms with Crippen LogP contribution in [0.3, 0.4) is 0 Å². The van der Waals surface area contributed by atoms with Crippen molar-refractivity contribution in [1.29, 1.82) is 0 Å². The van der Waals surface area contributed by atoms with Crippen molar-refractivity contribution in [2.45, 2.75) is 20.8 Å². The maximum atomic E-state index is 12.5. The van der Waals surface area contributed by atoms with Gasteiger partial charge in [0.1, 0.15) is 17.3 Å². The SMILES string of the molecule is COc1cc2nccc(Oc3ccc(NC(=O)Nc4cccc(C)n4)c(C)c3C)c2cc1OC. The van der Waals surface area contributed by atoms with Crippen LogP contribution >= 0.6 is 0 Å². The molecule has 34 heavy (non-hydrogen) atoms. The number of fused-ring (bicyclic) bond motifs is 1. The average molecular weight is 459 g/mol. The number of hydrogen-bond donors (Lipinski definition) is 2. The summed E-state index contributed by atoms with van der Waals surface area (Å²) in [6.45, 7) is 5.75. The van der Waals surface area contributed by atoms with E-state index in [2.05, 4.69) is 20.6 Å². The lowest BCUT2D eigenvalue weighted by atomic mass is 10.1. The Balaban J connectivity index is 1.58. The first-order chi connectivity index (χ1) is 16.4. The summed E-state index contributed by atoms with van der Waals surface area (Å²) in [4.78, 5) is 21.2. The molecule has 0 unspecified atom stereocenters. The van der Waals surface area contributed by atoms with Crippen LogP contribution in [0, 0.1) is 20.8 Å². The van der Waals surface area contributed by atoms with Gasteiger partial charge in [0.15, 0.2) is 11.5 Å². The van der Waals surface area contributed by atoms with Crippen LogP contribution in [0.15, 0.2) is 54.7 Å². The number of anilines is 2. The molecule has 0 aliphatic carbocycles. The number of ether oxygens (including phenoxy) is 3. The zero-order valence-electron chi connectivity index (χ0n) is 19.7. The Hall–Kier alpha value is -4.33. The highest BCUT2D eigenvalue weighted by atomic mass is 16.5. The summed E-state index contributed by atoms with van der Waals surface area (Å²) < 4.78 is 17.1. The molecule has 0 fully saturated rings. The predicted octanol–water partition coefficient (Wildman–Crippen LogP) is 6.01. The van der Waals surface area contributed by atoms with Crippen LogP contribution in [0.4, 0.5) is 16.3 Å². The van der Waals surface area contributed by atoms with Gasteiger partial charge in [0.25, 0.3) is 0 Å². The topological polar surface area (TPSA) is 94.6 Å². The second kappa shape index (κ2) is 9.66. The summed E-state index contributed by atoms with van der Waals surface area (Å²) in [6.07, 6.45) is 1.69. The number of nitrogens with zero attached hydrogens (tertiary/aromatic N) is 2. The number of aromatic nitrogens is 2. The van der Waals surface area contributed by atoms with Crippen molar-refractivity contribution in [1.82, 2.24) is 9.97 Å². The Morgan fingerprint density at radius 1 is 0.824 bits per heavy atom. The molecule has 2 aromatic carbocycles. The Labute approximate surface area is 197 Å². The lowest BCUT2D eigenvalue weighted by Gasteiger charge is -2.16. The molecular weight excluding hydrogens is 432 g/mol. The molecular formula is C26H26N4O4. The minimum atomic E-state index is -0.365. The number of amides is 2. The first-order valence-corrected chi connectivity index (χ1v) is 10.7. The third-order valence-corrected chi connectivity index (χ3v) is 5.54. The maximum Gasteiger partial charge on any atom is 0.324 e. The highest BCUT2D eigenvalue weighted by molar-refractivity contribution is 5.99. The van der Waals surface area contributed by atoms with Crippen molar-refractivity contribution in [3.05, 3.63) is 71.5 Å². The molecule has 8 nitrogen and oxygen atoms in total. The molecule has 2 N–H and O–H groups in total. The first-order valence-electron chi connectivity index (χ1n) is 10.7. The standard InChI is InChI=1S/C26H26N4O4/c1-15-7-6-8-25(28-15)30-26(31)29-19-9-10-21(17(3)16(19)2)34-22-11-12-27-20-14-24(33-5)23(32-4)13-18(20)22/h6-14H,1-5H3,(H2,28,29,30,31). The van der Waals surface area contributed by atoms with Gasteiger partial charge in [-0.1, -0.05) is 6.07 Å². The summed E-state index contributed by atoms with van der Waals surface area (Å²) in [6, 6.07) is 14.2. The van der Waals surface area contributed by atoms with E-state index in [0.717, 1.165) is 27.7 Å². The molecule has 0 atom stereocenters. The van der Waals surface area contributed by atoms with Gasteiger partial charge in [-0.15, -0.1) is 0 Å². The highest BCUT2D eigenvalue weighted by Gasteiger charge is 2.15. The van der Waals surface area contributed by atoms with Crippen molar-refractivity contribution in [2.24, 2.45) is 0 Å². The number of pyridine rings is 2. The molecule has 2 aromatic heterocycles. The highest BCUT2D eigenvalue weighted by Crippen LogP contribution is 2.38. The molecule has 4 aromatic rings. The van der Waals surface area contributed by atoms with E-state index in [1.165, 1.54) is 0 Å². The Morgan fingerprint density at radius 2 is 1.59 bits per heavy atom. The van der Waals surface area contributed by atoms with Crippen molar-refractivity contribution in [3.63, 3.8) is 0 Å². The van der Waals surface area contributed by atoms with Gasteiger partial charge < -0.3 is 19.5 Å². The predicted molar refractivity (Wildman–Crippen MR) is 132 cm³/mol.